The standard InChI is InChI=1S/C33H39NO3/c1-21-5-6-22(2)34(21)25-10-7-23(8-11-25)29-20-32(3)30(15-17-33(32,37)16-4-18-35)28-13-9-24-19-26(36)12-14-27(24)31(28)29/h4-8,10-11,16,19,28-30,35,37H,9,12-15,17-18,20H2,1-3H3/b16-4-/t28-,29+,30-,32-,33-/m0/s1. The molecule has 2 saturated carbocycles. The third-order valence-electron chi connectivity index (χ3n) is 10.3. The van der Waals surface area contributed by atoms with Crippen LogP contribution in [0.25, 0.3) is 5.69 Å². The average Bonchev–Trinajstić information content (AvgIpc) is 3.36. The number of aliphatic hydroxyl groups excluding tert-OH is 1. The topological polar surface area (TPSA) is 62.5 Å². The highest BCUT2D eigenvalue weighted by atomic mass is 16.3. The number of hydrogen-bond donors (Lipinski definition) is 2. The first-order chi connectivity index (χ1) is 17.8. The molecular formula is C33H39NO3. The van der Waals surface area contributed by atoms with Crippen molar-refractivity contribution in [3.05, 3.63) is 88.3 Å². The van der Waals surface area contributed by atoms with Crippen molar-refractivity contribution in [1.82, 2.24) is 4.57 Å². The highest BCUT2D eigenvalue weighted by Gasteiger charge is 2.61. The second kappa shape index (κ2) is 8.96. The zero-order valence-corrected chi connectivity index (χ0v) is 22.3. The molecule has 0 aliphatic heterocycles. The van der Waals surface area contributed by atoms with Gasteiger partial charge in [0.15, 0.2) is 5.78 Å². The highest BCUT2D eigenvalue weighted by Crippen LogP contribution is 2.67. The first-order valence-corrected chi connectivity index (χ1v) is 14.0. The second-order valence-electron chi connectivity index (χ2n) is 12.1. The third kappa shape index (κ3) is 3.75. The summed E-state index contributed by atoms with van der Waals surface area (Å²) in [5.74, 6) is 1.31. The Kier molecular flexibility index (Phi) is 5.96. The fraction of sp³-hybridized carbons (Fsp3) is 0.485. The maximum absolute atomic E-state index is 12.3. The van der Waals surface area contributed by atoms with Crippen LogP contribution in [0.15, 0.2) is 71.3 Å². The predicted octanol–water partition coefficient (Wildman–Crippen LogP) is 6.27. The molecule has 4 aliphatic carbocycles. The molecule has 6 rings (SSSR count). The fourth-order valence-electron chi connectivity index (χ4n) is 8.45. The lowest BCUT2D eigenvalue weighted by Crippen LogP contribution is -2.50. The van der Waals surface area contributed by atoms with Gasteiger partial charge in [0, 0.05) is 34.8 Å². The number of fused-ring (bicyclic) bond motifs is 4. The van der Waals surface area contributed by atoms with Crippen LogP contribution in [0.2, 0.25) is 0 Å². The van der Waals surface area contributed by atoms with Crippen molar-refractivity contribution in [1.29, 1.82) is 0 Å². The molecule has 2 N–H and O–H groups in total. The highest BCUT2D eigenvalue weighted by molar-refractivity contribution is 5.93. The van der Waals surface area contributed by atoms with E-state index in [0.29, 0.717) is 18.3 Å². The number of benzene rings is 1. The molecule has 1 aromatic carbocycles. The van der Waals surface area contributed by atoms with E-state index in [0.717, 1.165) is 38.5 Å². The van der Waals surface area contributed by atoms with Crippen LogP contribution in [0.3, 0.4) is 0 Å². The van der Waals surface area contributed by atoms with Crippen molar-refractivity contribution in [2.24, 2.45) is 17.3 Å². The first kappa shape index (κ1) is 24.6. The van der Waals surface area contributed by atoms with Gasteiger partial charge in [0.25, 0.3) is 0 Å². The van der Waals surface area contributed by atoms with Crippen molar-refractivity contribution in [2.75, 3.05) is 6.61 Å². The number of aliphatic hydroxyl groups is 2. The maximum atomic E-state index is 12.3. The number of allylic oxidation sites excluding steroid dienone is 4. The zero-order chi connectivity index (χ0) is 25.9. The molecule has 194 valence electrons. The summed E-state index contributed by atoms with van der Waals surface area (Å²) >= 11 is 0. The predicted molar refractivity (Wildman–Crippen MR) is 147 cm³/mol. The van der Waals surface area contributed by atoms with Gasteiger partial charge >= 0.3 is 0 Å². The first-order valence-electron chi connectivity index (χ1n) is 14.0. The summed E-state index contributed by atoms with van der Waals surface area (Å²) in [7, 11) is 0. The summed E-state index contributed by atoms with van der Waals surface area (Å²) in [5.41, 5.74) is 8.00. The Balaban J connectivity index is 1.47. The van der Waals surface area contributed by atoms with E-state index in [1.54, 1.807) is 11.6 Å². The Labute approximate surface area is 220 Å². The van der Waals surface area contributed by atoms with E-state index in [2.05, 4.69) is 61.7 Å². The Morgan fingerprint density at radius 2 is 1.76 bits per heavy atom. The molecule has 2 aromatic rings. The summed E-state index contributed by atoms with van der Waals surface area (Å²) in [6.45, 7) is 6.52. The van der Waals surface area contributed by atoms with Gasteiger partial charge in [0.05, 0.1) is 12.2 Å². The molecule has 4 aliphatic rings. The molecule has 4 nitrogen and oxygen atoms in total. The minimum atomic E-state index is -0.910. The maximum Gasteiger partial charge on any atom is 0.156 e. The number of aromatic nitrogens is 1. The number of nitrogens with zero attached hydrogens (tertiary/aromatic N) is 1. The summed E-state index contributed by atoms with van der Waals surface area (Å²) in [6.07, 6.45) is 11.6. The van der Waals surface area contributed by atoms with Crippen LogP contribution in [0.1, 0.15) is 74.7 Å². The fourth-order valence-corrected chi connectivity index (χ4v) is 8.45. The Morgan fingerprint density at radius 3 is 2.46 bits per heavy atom. The van der Waals surface area contributed by atoms with Crippen LogP contribution in [0, 0.1) is 31.1 Å². The molecule has 37 heavy (non-hydrogen) atoms. The van der Waals surface area contributed by atoms with Crippen molar-refractivity contribution in [3.63, 3.8) is 0 Å². The van der Waals surface area contributed by atoms with Crippen molar-refractivity contribution in [3.8, 4) is 5.69 Å². The normalized spacial score (nSPS) is 33.4. The average molecular weight is 498 g/mol. The van der Waals surface area contributed by atoms with Crippen molar-refractivity contribution < 1.29 is 15.0 Å². The van der Waals surface area contributed by atoms with Gasteiger partial charge in [-0.3, -0.25) is 4.79 Å². The SMILES string of the molecule is Cc1ccc(C)n1-c1ccc([C@H]2C[C@@]3(C)[C@@H](CC[C@@]3(O)/C=C\CO)[C@@H]3CCC4=CC(=O)CCC4=C32)cc1. The second-order valence-corrected chi connectivity index (χ2v) is 12.1. The Bertz CT molecular complexity index is 1310. The molecule has 0 amide bonds. The van der Waals surface area contributed by atoms with Gasteiger partial charge < -0.3 is 14.8 Å². The third-order valence-corrected chi connectivity index (χ3v) is 10.3. The van der Waals surface area contributed by atoms with Crippen LogP contribution >= 0.6 is 0 Å². The summed E-state index contributed by atoms with van der Waals surface area (Å²) in [5, 5.41) is 21.4. The minimum Gasteiger partial charge on any atom is -0.392 e. The lowest BCUT2D eigenvalue weighted by molar-refractivity contribution is -0.114. The smallest absolute Gasteiger partial charge is 0.156 e. The van der Waals surface area contributed by atoms with Crippen LogP contribution in [0.5, 0.6) is 0 Å². The van der Waals surface area contributed by atoms with Gasteiger partial charge in [-0.2, -0.15) is 0 Å². The monoisotopic (exact) mass is 497 g/mol. The zero-order valence-electron chi connectivity index (χ0n) is 22.3. The molecule has 1 aromatic heterocycles. The summed E-state index contributed by atoms with van der Waals surface area (Å²) < 4.78 is 2.29. The van der Waals surface area contributed by atoms with Crippen LogP contribution in [-0.2, 0) is 4.79 Å². The van der Waals surface area contributed by atoms with Gasteiger partial charge in [-0.05, 0) is 111 Å². The lowest BCUT2D eigenvalue weighted by atomic mass is 9.51. The molecule has 0 bridgehead atoms. The van der Waals surface area contributed by atoms with E-state index in [9.17, 15) is 15.0 Å². The molecule has 5 atom stereocenters. The van der Waals surface area contributed by atoms with E-state index < -0.39 is 5.60 Å². The van der Waals surface area contributed by atoms with Crippen molar-refractivity contribution >= 4 is 5.78 Å². The van der Waals surface area contributed by atoms with Gasteiger partial charge in [0.1, 0.15) is 0 Å². The van der Waals surface area contributed by atoms with Crippen LogP contribution < -0.4 is 0 Å². The molecule has 0 radical (unpaired) electrons. The Morgan fingerprint density at radius 1 is 1.03 bits per heavy atom. The van der Waals surface area contributed by atoms with Crippen LogP contribution in [0.4, 0.5) is 0 Å². The number of aryl methyl sites for hydroxylation is 2. The van der Waals surface area contributed by atoms with E-state index in [1.165, 1.54) is 33.8 Å². The number of carbonyl (C=O) groups is 1. The number of rotatable bonds is 4. The number of hydrogen-bond acceptors (Lipinski definition) is 3. The Hall–Kier alpha value is -2.69. The molecule has 4 heteroatoms. The van der Waals surface area contributed by atoms with Gasteiger partial charge in [-0.25, -0.2) is 0 Å². The summed E-state index contributed by atoms with van der Waals surface area (Å²) in [6, 6.07) is 13.4. The van der Waals surface area contributed by atoms with E-state index in [4.69, 9.17) is 0 Å². The van der Waals surface area contributed by atoms with Crippen LogP contribution in [-0.4, -0.2) is 32.8 Å². The van der Waals surface area contributed by atoms with E-state index in [1.807, 2.05) is 12.2 Å². The van der Waals surface area contributed by atoms with Gasteiger partial charge in [0.2, 0.25) is 0 Å². The largest absolute Gasteiger partial charge is 0.392 e. The van der Waals surface area contributed by atoms with Crippen molar-refractivity contribution in [2.45, 2.75) is 77.2 Å². The lowest BCUT2D eigenvalue weighted by Gasteiger charge is -2.54. The molecule has 0 spiro atoms. The van der Waals surface area contributed by atoms with Gasteiger partial charge in [-0.15, -0.1) is 0 Å². The number of carbonyl (C=O) groups excluding carboxylic acids is 1. The molecule has 0 unspecified atom stereocenters. The summed E-state index contributed by atoms with van der Waals surface area (Å²) in [4.78, 5) is 12.3. The molecule has 0 saturated heterocycles. The molecular weight excluding hydrogens is 458 g/mol. The molecule has 1 heterocycles. The number of ketones is 1. The molecule has 2 fully saturated rings. The van der Waals surface area contributed by atoms with Gasteiger partial charge in [-0.1, -0.05) is 36.8 Å². The quantitative estimate of drug-likeness (QED) is 0.489. The van der Waals surface area contributed by atoms with E-state index in [-0.39, 0.29) is 23.7 Å². The minimum absolute atomic E-state index is 0.0485. The van der Waals surface area contributed by atoms with E-state index >= 15 is 0 Å².